The predicted molar refractivity (Wildman–Crippen MR) is 84.9 cm³/mol. The largest absolute Gasteiger partial charge is 0.352 e. The Morgan fingerprint density at radius 3 is 2.75 bits per heavy atom. The Labute approximate surface area is 128 Å². The van der Waals surface area contributed by atoms with E-state index in [1.165, 1.54) is 17.7 Å². The molecule has 0 amide bonds. The fourth-order valence-electron chi connectivity index (χ4n) is 2.26. The minimum Gasteiger partial charge on any atom is -0.352 e. The lowest BCUT2D eigenvalue weighted by Gasteiger charge is -2.27. The van der Waals surface area contributed by atoms with Crippen LogP contribution in [0.15, 0.2) is 17.5 Å². The molecule has 1 unspecified atom stereocenters. The van der Waals surface area contributed by atoms with Crippen LogP contribution >= 0.6 is 22.9 Å². The molecular formula is C15H18ClN3S. The van der Waals surface area contributed by atoms with Crippen LogP contribution in [-0.4, -0.2) is 17.0 Å². The zero-order chi connectivity index (χ0) is 14.3. The van der Waals surface area contributed by atoms with Crippen molar-refractivity contribution in [1.29, 1.82) is 0 Å². The Kier molecular flexibility index (Phi) is 3.69. The molecule has 20 heavy (non-hydrogen) atoms. The van der Waals surface area contributed by atoms with Gasteiger partial charge in [0.15, 0.2) is 0 Å². The molecule has 0 aliphatic heterocycles. The van der Waals surface area contributed by atoms with E-state index in [-0.39, 0.29) is 6.04 Å². The second-order valence-corrected chi connectivity index (χ2v) is 6.74. The van der Waals surface area contributed by atoms with Crippen LogP contribution in [0, 0.1) is 6.92 Å². The van der Waals surface area contributed by atoms with Gasteiger partial charge in [-0.05, 0) is 38.1 Å². The van der Waals surface area contributed by atoms with Gasteiger partial charge in [-0.1, -0.05) is 17.7 Å². The maximum atomic E-state index is 6.29. The van der Waals surface area contributed by atoms with Crippen molar-refractivity contribution in [2.24, 2.45) is 0 Å². The molecule has 1 aliphatic rings. The quantitative estimate of drug-likeness (QED) is 0.774. The van der Waals surface area contributed by atoms with Crippen LogP contribution in [0.25, 0.3) is 0 Å². The summed E-state index contributed by atoms with van der Waals surface area (Å²) in [6, 6.07) is 4.53. The zero-order valence-electron chi connectivity index (χ0n) is 11.9. The van der Waals surface area contributed by atoms with E-state index >= 15 is 0 Å². The average Bonchev–Trinajstić information content (AvgIpc) is 3.15. The first kappa shape index (κ1) is 13.8. The first-order valence-corrected chi connectivity index (χ1v) is 8.14. The topological polar surface area (TPSA) is 29.0 Å². The lowest BCUT2D eigenvalue weighted by Crippen LogP contribution is -2.23. The summed E-state index contributed by atoms with van der Waals surface area (Å²) in [7, 11) is 2.08. The van der Waals surface area contributed by atoms with Gasteiger partial charge in [0.1, 0.15) is 16.8 Å². The number of rotatable bonds is 4. The minimum atomic E-state index is 0.284. The lowest BCUT2D eigenvalue weighted by molar-refractivity contribution is 0.729. The summed E-state index contributed by atoms with van der Waals surface area (Å²) < 4.78 is 0. The van der Waals surface area contributed by atoms with Gasteiger partial charge in [-0.3, -0.25) is 0 Å². The van der Waals surface area contributed by atoms with Gasteiger partial charge in [-0.2, -0.15) is 0 Å². The number of halogens is 1. The molecule has 0 spiro atoms. The van der Waals surface area contributed by atoms with Crippen molar-refractivity contribution in [3.8, 4) is 0 Å². The first-order valence-electron chi connectivity index (χ1n) is 6.88. The molecule has 0 N–H and O–H groups in total. The second kappa shape index (κ2) is 5.34. The van der Waals surface area contributed by atoms with Gasteiger partial charge in [0.25, 0.3) is 0 Å². The molecule has 1 fully saturated rings. The second-order valence-electron chi connectivity index (χ2n) is 5.40. The summed E-state index contributed by atoms with van der Waals surface area (Å²) in [5.74, 6) is 2.37. The molecule has 2 aromatic heterocycles. The molecule has 2 aromatic rings. The molecular weight excluding hydrogens is 290 g/mol. The van der Waals surface area contributed by atoms with Crippen LogP contribution in [0.2, 0.25) is 5.15 Å². The third kappa shape index (κ3) is 2.54. The van der Waals surface area contributed by atoms with E-state index in [1.807, 2.05) is 6.92 Å². The molecule has 0 saturated heterocycles. The van der Waals surface area contributed by atoms with E-state index < -0.39 is 0 Å². The Morgan fingerprint density at radius 2 is 2.15 bits per heavy atom. The highest BCUT2D eigenvalue weighted by Crippen LogP contribution is 2.40. The lowest BCUT2D eigenvalue weighted by atomic mass is 10.2. The zero-order valence-corrected chi connectivity index (χ0v) is 13.5. The third-order valence-electron chi connectivity index (χ3n) is 3.89. The van der Waals surface area contributed by atoms with Crippen LogP contribution < -0.4 is 4.90 Å². The van der Waals surface area contributed by atoms with Gasteiger partial charge in [0.2, 0.25) is 0 Å². The van der Waals surface area contributed by atoms with E-state index in [2.05, 4.69) is 41.4 Å². The molecule has 1 saturated carbocycles. The average molecular weight is 308 g/mol. The van der Waals surface area contributed by atoms with Crippen LogP contribution in [0.1, 0.15) is 48.0 Å². The smallest absolute Gasteiger partial charge is 0.137 e. The predicted octanol–water partition coefficient (Wildman–Crippen LogP) is 4.57. The molecule has 0 bridgehead atoms. The number of hydrogen-bond acceptors (Lipinski definition) is 4. The summed E-state index contributed by atoms with van der Waals surface area (Å²) in [6.07, 6.45) is 2.37. The van der Waals surface area contributed by atoms with E-state index in [9.17, 15) is 0 Å². The molecule has 3 rings (SSSR count). The van der Waals surface area contributed by atoms with E-state index in [1.54, 1.807) is 11.3 Å². The number of nitrogens with zero attached hydrogens (tertiary/aromatic N) is 3. The van der Waals surface area contributed by atoms with Crippen LogP contribution in [-0.2, 0) is 0 Å². The number of anilines is 1. The number of hydrogen-bond donors (Lipinski definition) is 0. The van der Waals surface area contributed by atoms with Crippen molar-refractivity contribution in [2.75, 3.05) is 11.9 Å². The van der Waals surface area contributed by atoms with Gasteiger partial charge in [-0.15, -0.1) is 11.3 Å². The molecule has 2 heterocycles. The fraction of sp³-hybridized carbons (Fsp3) is 0.467. The molecule has 106 valence electrons. The molecule has 0 aromatic carbocycles. The molecule has 3 nitrogen and oxygen atoms in total. The highest BCUT2D eigenvalue weighted by molar-refractivity contribution is 7.10. The monoisotopic (exact) mass is 307 g/mol. The number of aromatic nitrogens is 2. The highest BCUT2D eigenvalue weighted by Gasteiger charge is 2.29. The summed E-state index contributed by atoms with van der Waals surface area (Å²) in [5.41, 5.74) is 0.960. The van der Waals surface area contributed by atoms with Crippen LogP contribution in [0.4, 0.5) is 5.82 Å². The van der Waals surface area contributed by atoms with Crippen LogP contribution in [0.5, 0.6) is 0 Å². The minimum absolute atomic E-state index is 0.284. The van der Waals surface area contributed by atoms with Crippen molar-refractivity contribution < 1.29 is 0 Å². The van der Waals surface area contributed by atoms with E-state index in [4.69, 9.17) is 16.6 Å². The SMILES string of the molecule is Cc1c(Cl)nc(C2CC2)nc1N(C)C(C)c1cccs1. The molecule has 1 atom stereocenters. The first-order chi connectivity index (χ1) is 9.58. The Bertz CT molecular complexity index is 608. The Morgan fingerprint density at radius 1 is 1.40 bits per heavy atom. The molecule has 1 aliphatic carbocycles. The maximum Gasteiger partial charge on any atom is 0.137 e. The van der Waals surface area contributed by atoms with Crippen molar-refractivity contribution in [3.63, 3.8) is 0 Å². The van der Waals surface area contributed by atoms with Gasteiger partial charge in [0.05, 0.1) is 6.04 Å². The van der Waals surface area contributed by atoms with Gasteiger partial charge < -0.3 is 4.90 Å². The van der Waals surface area contributed by atoms with E-state index in [0.29, 0.717) is 11.1 Å². The fourth-order valence-corrected chi connectivity index (χ4v) is 3.26. The number of thiophene rings is 1. The van der Waals surface area contributed by atoms with Gasteiger partial charge in [-0.25, -0.2) is 9.97 Å². The summed E-state index contributed by atoms with van der Waals surface area (Å²) in [4.78, 5) is 12.7. The molecule has 5 heteroatoms. The van der Waals surface area contributed by atoms with Crippen molar-refractivity contribution in [2.45, 2.75) is 38.6 Å². The van der Waals surface area contributed by atoms with Crippen molar-refractivity contribution in [3.05, 3.63) is 38.9 Å². The summed E-state index contributed by atoms with van der Waals surface area (Å²) in [5, 5.41) is 2.69. The highest BCUT2D eigenvalue weighted by atomic mass is 35.5. The summed E-state index contributed by atoms with van der Waals surface area (Å²) in [6.45, 7) is 4.18. The Hall–Kier alpha value is -1.13. The van der Waals surface area contributed by atoms with Gasteiger partial charge in [0, 0.05) is 23.4 Å². The van der Waals surface area contributed by atoms with Crippen LogP contribution in [0.3, 0.4) is 0 Å². The van der Waals surface area contributed by atoms with Crippen molar-refractivity contribution >= 4 is 28.8 Å². The third-order valence-corrected chi connectivity index (χ3v) is 5.30. The van der Waals surface area contributed by atoms with Crippen molar-refractivity contribution in [1.82, 2.24) is 9.97 Å². The standard InChI is InChI=1S/C15H18ClN3S/c1-9-13(16)17-14(11-6-7-11)18-15(9)19(3)10(2)12-5-4-8-20-12/h4-5,8,10-11H,6-7H2,1-3H3. The van der Waals surface area contributed by atoms with Gasteiger partial charge >= 0.3 is 0 Å². The normalized spacial score (nSPS) is 16.2. The molecule has 0 radical (unpaired) electrons. The Balaban J connectivity index is 1.95. The van der Waals surface area contributed by atoms with E-state index in [0.717, 1.165) is 17.2 Å². The maximum absolute atomic E-state index is 6.29. The summed E-state index contributed by atoms with van der Waals surface area (Å²) >= 11 is 8.06.